The fraction of sp³-hybridized carbons (Fsp3) is 0. The molecule has 0 N–H and O–H groups in total. The maximum atomic E-state index is 4.36. The summed E-state index contributed by atoms with van der Waals surface area (Å²) >= 11 is 0. The third-order valence-electron chi connectivity index (χ3n) is 2.86. The van der Waals surface area contributed by atoms with E-state index in [-0.39, 0.29) is 17.1 Å². The van der Waals surface area contributed by atoms with E-state index < -0.39 is 0 Å². The van der Waals surface area contributed by atoms with Crippen LogP contribution in [-0.2, 0) is 17.1 Å². The largest absolute Gasteiger partial charge is 3.00 e. The van der Waals surface area contributed by atoms with E-state index in [4.69, 9.17) is 0 Å². The van der Waals surface area contributed by atoms with Crippen LogP contribution in [0.5, 0.6) is 0 Å². The standard InChI is InChI=1S/C17H13N4.Fe/c1-2-8-14(9-3-1)17(15-10-4-6-12-18-15)21-20-16-11-5-7-13-19-16;/h1-13H;/q-1;+3. The molecule has 2 aromatic heterocycles. The number of aromatic nitrogens is 2. The van der Waals surface area contributed by atoms with Gasteiger partial charge in [-0.05, 0) is 18.0 Å². The van der Waals surface area contributed by atoms with Crippen LogP contribution in [0.25, 0.3) is 5.43 Å². The van der Waals surface area contributed by atoms with Crippen LogP contribution in [-0.4, -0.2) is 15.7 Å². The van der Waals surface area contributed by atoms with Crippen LogP contribution in [0.15, 0.2) is 84.2 Å². The molecule has 3 aromatic rings. The fourth-order valence-corrected chi connectivity index (χ4v) is 1.87. The number of hydrogen-bond donors (Lipinski definition) is 0. The van der Waals surface area contributed by atoms with E-state index in [2.05, 4.69) is 20.5 Å². The van der Waals surface area contributed by atoms with Crippen molar-refractivity contribution in [3.8, 4) is 0 Å². The van der Waals surface area contributed by atoms with Gasteiger partial charge in [-0.1, -0.05) is 60.8 Å². The van der Waals surface area contributed by atoms with Crippen molar-refractivity contribution in [2.24, 2.45) is 5.10 Å². The Morgan fingerprint density at radius 1 is 0.773 bits per heavy atom. The SMILES string of the molecule is [Fe+3].c1ccc(C(=N[N-]c2ccccn2)c2ccccn2)cc1. The minimum absolute atomic E-state index is 0. The molecule has 1 radical (unpaired) electrons. The summed E-state index contributed by atoms with van der Waals surface area (Å²) in [4.78, 5) is 8.50. The van der Waals surface area contributed by atoms with Crippen LogP contribution in [0.3, 0.4) is 0 Å². The summed E-state index contributed by atoms with van der Waals surface area (Å²) in [5.41, 5.74) is 6.67. The van der Waals surface area contributed by atoms with Crippen LogP contribution in [0.1, 0.15) is 11.3 Å². The molecule has 0 aliphatic rings. The zero-order chi connectivity index (χ0) is 14.3. The van der Waals surface area contributed by atoms with E-state index in [1.807, 2.05) is 66.7 Å². The molecule has 5 heteroatoms. The smallest absolute Gasteiger partial charge is 0.442 e. The van der Waals surface area contributed by atoms with Gasteiger partial charge in [0, 0.05) is 11.8 Å². The molecular formula is C17H13FeN4+2. The van der Waals surface area contributed by atoms with Gasteiger partial charge in [-0.2, -0.15) is 0 Å². The molecule has 4 nitrogen and oxygen atoms in total. The van der Waals surface area contributed by atoms with Crippen LogP contribution in [0.2, 0.25) is 0 Å². The summed E-state index contributed by atoms with van der Waals surface area (Å²) in [5.74, 6) is 0.571. The minimum Gasteiger partial charge on any atom is -0.442 e. The summed E-state index contributed by atoms with van der Waals surface area (Å²) < 4.78 is 0. The van der Waals surface area contributed by atoms with Crippen molar-refractivity contribution in [1.29, 1.82) is 0 Å². The Labute approximate surface area is 139 Å². The Kier molecular flexibility index (Phi) is 5.83. The quantitative estimate of drug-likeness (QED) is 0.414. The predicted molar refractivity (Wildman–Crippen MR) is 83.6 cm³/mol. The molecule has 0 spiro atoms. The zero-order valence-corrected chi connectivity index (χ0v) is 12.8. The van der Waals surface area contributed by atoms with Crippen molar-refractivity contribution in [2.75, 3.05) is 0 Å². The molecule has 107 valence electrons. The molecular weight excluding hydrogens is 316 g/mol. The van der Waals surface area contributed by atoms with E-state index in [1.165, 1.54) is 0 Å². The maximum Gasteiger partial charge on any atom is 3.00 e. The molecule has 0 unspecified atom stereocenters. The second-order valence-corrected chi connectivity index (χ2v) is 4.32. The van der Waals surface area contributed by atoms with E-state index in [1.54, 1.807) is 12.4 Å². The Hall–Kier alpha value is -2.49. The second-order valence-electron chi connectivity index (χ2n) is 4.32. The normalized spacial score (nSPS) is 10.6. The first-order valence-corrected chi connectivity index (χ1v) is 6.60. The molecule has 2 heterocycles. The van der Waals surface area contributed by atoms with Crippen molar-refractivity contribution in [2.45, 2.75) is 0 Å². The third kappa shape index (κ3) is 4.01. The molecule has 3 rings (SSSR count). The second kappa shape index (κ2) is 8.07. The van der Waals surface area contributed by atoms with Crippen LogP contribution in [0.4, 0.5) is 5.82 Å². The topological polar surface area (TPSA) is 52.2 Å². The van der Waals surface area contributed by atoms with Crippen LogP contribution >= 0.6 is 0 Å². The average molecular weight is 329 g/mol. The first-order valence-electron chi connectivity index (χ1n) is 6.60. The van der Waals surface area contributed by atoms with Crippen molar-refractivity contribution >= 4 is 11.5 Å². The molecule has 0 fully saturated rings. The van der Waals surface area contributed by atoms with E-state index >= 15 is 0 Å². The first-order chi connectivity index (χ1) is 10.4. The Morgan fingerprint density at radius 2 is 1.45 bits per heavy atom. The van der Waals surface area contributed by atoms with Gasteiger partial charge in [0.2, 0.25) is 0 Å². The minimum atomic E-state index is 0. The van der Waals surface area contributed by atoms with E-state index in [9.17, 15) is 0 Å². The predicted octanol–water partition coefficient (Wildman–Crippen LogP) is 3.93. The fourth-order valence-electron chi connectivity index (χ4n) is 1.87. The van der Waals surface area contributed by atoms with Crippen LogP contribution < -0.4 is 0 Å². The molecule has 0 aliphatic heterocycles. The van der Waals surface area contributed by atoms with Gasteiger partial charge in [0.25, 0.3) is 0 Å². The van der Waals surface area contributed by atoms with Crippen LogP contribution in [0, 0.1) is 0 Å². The Bertz CT molecular complexity index is 674. The van der Waals surface area contributed by atoms with Crippen molar-refractivity contribution in [3.05, 3.63) is 95.8 Å². The first kappa shape index (κ1) is 15.9. The van der Waals surface area contributed by atoms with Gasteiger partial charge in [-0.3, -0.25) is 10.1 Å². The molecule has 0 saturated carbocycles. The Morgan fingerprint density at radius 3 is 2.09 bits per heavy atom. The molecule has 1 aromatic carbocycles. The van der Waals surface area contributed by atoms with Crippen molar-refractivity contribution < 1.29 is 17.1 Å². The van der Waals surface area contributed by atoms with Gasteiger partial charge >= 0.3 is 17.1 Å². The summed E-state index contributed by atoms with van der Waals surface area (Å²) in [6.45, 7) is 0. The molecule has 0 aliphatic carbocycles. The average Bonchev–Trinajstić information content (AvgIpc) is 2.58. The van der Waals surface area contributed by atoms with E-state index in [0.717, 1.165) is 17.0 Å². The van der Waals surface area contributed by atoms with Crippen molar-refractivity contribution in [1.82, 2.24) is 9.97 Å². The molecule has 22 heavy (non-hydrogen) atoms. The Balaban J connectivity index is 0.00000176. The number of nitrogens with zero attached hydrogens (tertiary/aromatic N) is 4. The number of rotatable bonds is 4. The summed E-state index contributed by atoms with van der Waals surface area (Å²) in [6, 6.07) is 21.1. The molecule has 0 bridgehead atoms. The monoisotopic (exact) mass is 329 g/mol. The maximum absolute atomic E-state index is 4.36. The van der Waals surface area contributed by atoms with E-state index in [0.29, 0.717) is 5.82 Å². The third-order valence-corrected chi connectivity index (χ3v) is 2.86. The van der Waals surface area contributed by atoms with Gasteiger partial charge in [0.05, 0.1) is 11.4 Å². The van der Waals surface area contributed by atoms with Gasteiger partial charge in [0.15, 0.2) is 0 Å². The number of pyridine rings is 2. The van der Waals surface area contributed by atoms with Gasteiger partial charge < -0.3 is 10.4 Å². The van der Waals surface area contributed by atoms with Gasteiger partial charge in [-0.15, -0.1) is 0 Å². The number of hydrogen-bond acceptors (Lipinski definition) is 3. The summed E-state index contributed by atoms with van der Waals surface area (Å²) in [5, 5.41) is 4.35. The molecule has 0 amide bonds. The molecule has 0 atom stereocenters. The summed E-state index contributed by atoms with van der Waals surface area (Å²) in [7, 11) is 0. The van der Waals surface area contributed by atoms with Gasteiger partial charge in [-0.25, -0.2) is 0 Å². The van der Waals surface area contributed by atoms with Gasteiger partial charge in [0.1, 0.15) is 0 Å². The summed E-state index contributed by atoms with van der Waals surface area (Å²) in [6.07, 6.45) is 3.44. The molecule has 0 saturated heterocycles. The zero-order valence-electron chi connectivity index (χ0n) is 11.6. The van der Waals surface area contributed by atoms with Crippen molar-refractivity contribution in [3.63, 3.8) is 0 Å². The number of benzene rings is 1.